The third-order valence-corrected chi connectivity index (χ3v) is 8.82. The maximum atomic E-state index is 13.3. The Morgan fingerprint density at radius 2 is 1.08 bits per heavy atom. The van der Waals surface area contributed by atoms with Crippen molar-refractivity contribution in [3.05, 3.63) is 140 Å². The van der Waals surface area contributed by atoms with Crippen molar-refractivity contribution >= 4 is 11.5 Å². The lowest BCUT2D eigenvalue weighted by Crippen LogP contribution is -2.31. The Kier molecular flexibility index (Phi) is 11.7. The molecule has 50 heavy (non-hydrogen) atoms. The van der Waals surface area contributed by atoms with Gasteiger partial charge in [-0.15, -0.1) is 0 Å². The summed E-state index contributed by atoms with van der Waals surface area (Å²) in [5.74, 6) is 2.12. The molecule has 0 amide bonds. The molecule has 0 radical (unpaired) electrons. The molecule has 2 fully saturated rings. The zero-order chi connectivity index (χ0) is 34.7. The summed E-state index contributed by atoms with van der Waals surface area (Å²) in [5, 5.41) is 0. The normalized spacial score (nSPS) is 19.2. The molecule has 2 aliphatic rings. The van der Waals surface area contributed by atoms with Crippen LogP contribution in [-0.2, 0) is 23.7 Å². The Labute approximate surface area is 293 Å². The van der Waals surface area contributed by atoms with E-state index in [1.54, 1.807) is 0 Å². The highest BCUT2D eigenvalue weighted by molar-refractivity contribution is 5.96. The Morgan fingerprint density at radius 3 is 1.58 bits per heavy atom. The van der Waals surface area contributed by atoms with E-state index < -0.39 is 0 Å². The quantitative estimate of drug-likeness (QED) is 0.0595. The maximum Gasteiger partial charge on any atom is 0.163 e. The van der Waals surface area contributed by atoms with E-state index in [0.29, 0.717) is 57.4 Å². The van der Waals surface area contributed by atoms with Crippen LogP contribution in [0.2, 0.25) is 0 Å². The molecule has 4 atom stereocenters. The van der Waals surface area contributed by atoms with Crippen LogP contribution in [0, 0.1) is 5.92 Å². The van der Waals surface area contributed by atoms with Crippen LogP contribution in [0.5, 0.6) is 11.5 Å². The van der Waals surface area contributed by atoms with E-state index in [1.807, 2.05) is 97.1 Å². The first-order valence-electron chi connectivity index (χ1n) is 16.8. The molecule has 2 aliphatic heterocycles. The monoisotopic (exact) mass is 674 g/mol. The average Bonchev–Trinajstić information content (AvgIpc) is 3.75. The van der Waals surface area contributed by atoms with Crippen molar-refractivity contribution in [2.75, 3.05) is 39.6 Å². The van der Waals surface area contributed by atoms with E-state index in [1.165, 1.54) is 12.5 Å². The lowest BCUT2D eigenvalue weighted by molar-refractivity contribution is 0.0167. The van der Waals surface area contributed by atoms with Crippen molar-refractivity contribution in [1.29, 1.82) is 0 Å². The Morgan fingerprint density at radius 1 is 0.620 bits per heavy atom. The summed E-state index contributed by atoms with van der Waals surface area (Å²) in [6.07, 6.45) is 2.39. The number of ketones is 1. The molecule has 4 aromatic rings. The molecule has 6 rings (SSSR count). The second kappa shape index (κ2) is 16.9. The van der Waals surface area contributed by atoms with Gasteiger partial charge in [0.25, 0.3) is 0 Å². The average molecular weight is 675 g/mol. The molecule has 0 aromatic heterocycles. The number of ether oxygens (including phenoxy) is 7. The summed E-state index contributed by atoms with van der Waals surface area (Å²) in [6, 6.07) is 31.5. The summed E-state index contributed by atoms with van der Waals surface area (Å²) in [5.41, 5.74) is 5.75. The van der Waals surface area contributed by atoms with E-state index >= 15 is 0 Å². The van der Waals surface area contributed by atoms with Crippen LogP contribution in [0.4, 0.5) is 0 Å². The topological polar surface area (TPSA) is 81.7 Å². The fourth-order valence-corrected chi connectivity index (χ4v) is 6.19. The van der Waals surface area contributed by atoms with Gasteiger partial charge in [-0.3, -0.25) is 4.79 Å². The molecule has 8 heteroatoms. The number of Topliss-reactive ketones (excluding diaryl/α,β-unsaturated/α-hetero) is 1. The molecule has 0 aliphatic carbocycles. The zero-order valence-electron chi connectivity index (χ0n) is 28.0. The Hall–Kier alpha value is -5.31. The largest absolute Gasteiger partial charge is 0.498 e. The van der Waals surface area contributed by atoms with Gasteiger partial charge in [0.2, 0.25) is 0 Å². The van der Waals surface area contributed by atoms with Crippen LogP contribution >= 0.6 is 0 Å². The maximum absolute atomic E-state index is 13.3. The number of rotatable bonds is 18. The molecule has 0 N–H and O–H groups in total. The summed E-state index contributed by atoms with van der Waals surface area (Å²) < 4.78 is 40.1. The highest BCUT2D eigenvalue weighted by atomic mass is 16.6. The highest BCUT2D eigenvalue weighted by Crippen LogP contribution is 2.37. The molecule has 2 saturated heterocycles. The van der Waals surface area contributed by atoms with Crippen LogP contribution in [0.3, 0.4) is 0 Å². The van der Waals surface area contributed by atoms with Gasteiger partial charge in [0.05, 0.1) is 31.8 Å². The summed E-state index contributed by atoms with van der Waals surface area (Å²) in [6.45, 7) is 13.9. The summed E-state index contributed by atoms with van der Waals surface area (Å²) in [7, 11) is 0. The fraction of sp³-hybridized carbons (Fsp3) is 0.262. The minimum absolute atomic E-state index is 0.0463. The first-order chi connectivity index (χ1) is 24.5. The molecule has 2 heterocycles. The minimum atomic E-state index is -0.298. The number of carbonyl (C=O) groups excluding carboxylic acids is 1. The van der Waals surface area contributed by atoms with Gasteiger partial charge < -0.3 is 33.2 Å². The van der Waals surface area contributed by atoms with Crippen molar-refractivity contribution in [2.24, 2.45) is 5.92 Å². The van der Waals surface area contributed by atoms with Gasteiger partial charge in [0, 0.05) is 23.5 Å². The van der Waals surface area contributed by atoms with Gasteiger partial charge in [-0.2, -0.15) is 0 Å². The van der Waals surface area contributed by atoms with Crippen LogP contribution in [-0.4, -0.2) is 63.7 Å². The van der Waals surface area contributed by atoms with Gasteiger partial charge in [0.1, 0.15) is 49.8 Å². The summed E-state index contributed by atoms with van der Waals surface area (Å²) >= 11 is 0. The number of hydrogen-bond acceptors (Lipinski definition) is 8. The third kappa shape index (κ3) is 8.64. The first kappa shape index (κ1) is 34.5. The van der Waals surface area contributed by atoms with Crippen molar-refractivity contribution in [3.8, 4) is 33.8 Å². The van der Waals surface area contributed by atoms with Crippen LogP contribution in [0.1, 0.15) is 22.3 Å². The van der Waals surface area contributed by atoms with Gasteiger partial charge in [-0.05, 0) is 46.5 Å². The molecule has 0 bridgehead atoms. The van der Waals surface area contributed by atoms with Crippen molar-refractivity contribution in [1.82, 2.24) is 0 Å². The van der Waals surface area contributed by atoms with Crippen molar-refractivity contribution in [2.45, 2.75) is 24.7 Å². The smallest absolute Gasteiger partial charge is 0.163 e. The number of carbonyl (C=O) groups is 1. The molecular weight excluding hydrogens is 632 g/mol. The lowest BCUT2D eigenvalue weighted by atomic mass is 9.92. The van der Waals surface area contributed by atoms with Gasteiger partial charge in [0.15, 0.2) is 11.9 Å². The zero-order valence-corrected chi connectivity index (χ0v) is 28.0. The second-order valence-corrected chi connectivity index (χ2v) is 12.0. The van der Waals surface area contributed by atoms with E-state index in [9.17, 15) is 4.79 Å². The molecule has 3 unspecified atom stereocenters. The predicted molar refractivity (Wildman–Crippen MR) is 193 cm³/mol. The van der Waals surface area contributed by atoms with Crippen LogP contribution in [0.15, 0.2) is 129 Å². The van der Waals surface area contributed by atoms with Gasteiger partial charge in [-0.25, -0.2) is 0 Å². The third-order valence-electron chi connectivity index (χ3n) is 8.82. The minimum Gasteiger partial charge on any atom is -0.498 e. The molecule has 258 valence electrons. The SMILES string of the molecule is C=COCCOc1ccc(-c2ccc(C(=C)OC3COC4C3OC[C@H]4CC(=O)c3ccc(-c4ccc(OCCOC=C)cc4)cc3)cc2)cc1. The lowest BCUT2D eigenvalue weighted by Gasteiger charge is -2.20. The van der Waals surface area contributed by atoms with Crippen molar-refractivity contribution in [3.63, 3.8) is 0 Å². The molecule has 0 spiro atoms. The van der Waals surface area contributed by atoms with Crippen LogP contribution in [0.25, 0.3) is 28.0 Å². The van der Waals surface area contributed by atoms with E-state index in [2.05, 4.69) is 19.7 Å². The van der Waals surface area contributed by atoms with Crippen molar-refractivity contribution < 1.29 is 38.0 Å². The summed E-state index contributed by atoms with van der Waals surface area (Å²) in [4.78, 5) is 13.3. The van der Waals surface area contributed by atoms with Gasteiger partial charge in [-0.1, -0.05) is 92.5 Å². The molecule has 8 nitrogen and oxygen atoms in total. The number of benzene rings is 4. The Balaban J connectivity index is 0.971. The molecule has 4 aromatic carbocycles. The van der Waals surface area contributed by atoms with E-state index in [0.717, 1.165) is 39.3 Å². The Bertz CT molecular complexity index is 1600. The number of fused-ring (bicyclic) bond motifs is 1. The molecule has 0 saturated carbocycles. The second-order valence-electron chi connectivity index (χ2n) is 12.0. The van der Waals surface area contributed by atoms with E-state index in [-0.39, 0.29) is 30.0 Å². The standard InChI is InChI=1S/C42H42O8/c1-4-44-22-24-46-37-18-14-33(15-19-37)31-8-6-30(7-9-31)29(3)50-40-28-49-41-36(27-48-42(40)41)26-39(43)35-12-10-32(11-13-35)34-16-20-38(21-17-34)47-25-23-45-5-2/h4-21,36,40-42H,1-3,22-28H2/t36-,40?,41?,42?/m1/s1. The number of hydrogen-bond donors (Lipinski definition) is 0. The predicted octanol–water partition coefficient (Wildman–Crippen LogP) is 8.14. The van der Waals surface area contributed by atoms with Gasteiger partial charge >= 0.3 is 0 Å². The van der Waals surface area contributed by atoms with Crippen LogP contribution < -0.4 is 9.47 Å². The highest BCUT2D eigenvalue weighted by Gasteiger charge is 2.49. The fourth-order valence-electron chi connectivity index (χ4n) is 6.19. The molecular formula is C42H42O8. The first-order valence-corrected chi connectivity index (χ1v) is 16.8. The van der Waals surface area contributed by atoms with E-state index in [4.69, 9.17) is 33.2 Å².